The van der Waals surface area contributed by atoms with Gasteiger partial charge in [0.2, 0.25) is 0 Å². The second-order valence-electron chi connectivity index (χ2n) is 8.17. The summed E-state index contributed by atoms with van der Waals surface area (Å²) in [6, 6.07) is 4.44. The van der Waals surface area contributed by atoms with Crippen LogP contribution in [0.3, 0.4) is 0 Å². The van der Waals surface area contributed by atoms with Crippen molar-refractivity contribution in [3.63, 3.8) is 0 Å². The SMILES string of the molecule is CC(C)(C)OC(=O)N1[C@@H](c2ccc(Cl)c(-c3ncnn3C(F)F)c2)COC1(C)C. The van der Waals surface area contributed by atoms with Crippen LogP contribution in [0.5, 0.6) is 0 Å². The minimum absolute atomic E-state index is 0.0613. The van der Waals surface area contributed by atoms with Crippen LogP contribution in [0.15, 0.2) is 24.5 Å². The van der Waals surface area contributed by atoms with Crippen LogP contribution in [0.4, 0.5) is 13.6 Å². The summed E-state index contributed by atoms with van der Waals surface area (Å²) in [4.78, 5) is 18.3. The van der Waals surface area contributed by atoms with Gasteiger partial charge in [0.25, 0.3) is 0 Å². The van der Waals surface area contributed by atoms with Crippen molar-refractivity contribution in [2.24, 2.45) is 0 Å². The van der Waals surface area contributed by atoms with E-state index < -0.39 is 30.0 Å². The molecule has 0 N–H and O–H groups in total. The van der Waals surface area contributed by atoms with Gasteiger partial charge in [-0.3, -0.25) is 4.90 Å². The molecule has 1 saturated heterocycles. The molecular formula is C19H23ClF2N4O3. The van der Waals surface area contributed by atoms with Crippen LogP contribution in [0.25, 0.3) is 11.4 Å². The van der Waals surface area contributed by atoms with Gasteiger partial charge in [0, 0.05) is 5.56 Å². The Kier molecular flexibility index (Phi) is 5.57. The van der Waals surface area contributed by atoms with Gasteiger partial charge in [-0.25, -0.2) is 9.78 Å². The molecule has 29 heavy (non-hydrogen) atoms. The summed E-state index contributed by atoms with van der Waals surface area (Å²) in [6.07, 6.45) is 0.511. The molecule has 1 atom stereocenters. The number of halogens is 3. The molecule has 0 bridgehead atoms. The zero-order chi connectivity index (χ0) is 21.6. The van der Waals surface area contributed by atoms with Gasteiger partial charge in [-0.15, -0.1) is 0 Å². The lowest BCUT2D eigenvalue weighted by atomic mass is 10.0. The molecule has 0 spiro atoms. The average molecular weight is 429 g/mol. The summed E-state index contributed by atoms with van der Waals surface area (Å²) in [7, 11) is 0. The van der Waals surface area contributed by atoms with E-state index >= 15 is 0 Å². The quantitative estimate of drug-likeness (QED) is 0.685. The van der Waals surface area contributed by atoms with Crippen molar-refractivity contribution >= 4 is 17.7 Å². The molecule has 0 saturated carbocycles. The second-order valence-corrected chi connectivity index (χ2v) is 8.58. The Bertz CT molecular complexity index is 911. The minimum Gasteiger partial charge on any atom is -0.444 e. The number of hydrogen-bond donors (Lipinski definition) is 0. The lowest BCUT2D eigenvalue weighted by Crippen LogP contribution is -2.47. The molecule has 0 aliphatic carbocycles. The number of carbonyl (C=O) groups excluding carboxylic acids is 1. The molecule has 1 amide bonds. The summed E-state index contributed by atoms with van der Waals surface area (Å²) < 4.78 is 38.3. The van der Waals surface area contributed by atoms with Gasteiger partial charge in [-0.1, -0.05) is 17.7 Å². The van der Waals surface area contributed by atoms with E-state index in [0.29, 0.717) is 10.2 Å². The highest BCUT2D eigenvalue weighted by Crippen LogP contribution is 2.40. The van der Waals surface area contributed by atoms with Gasteiger partial charge < -0.3 is 9.47 Å². The summed E-state index contributed by atoms with van der Waals surface area (Å²) >= 11 is 6.25. The van der Waals surface area contributed by atoms with Crippen LogP contribution in [-0.4, -0.2) is 43.7 Å². The van der Waals surface area contributed by atoms with Crippen LogP contribution in [0, 0.1) is 0 Å². The number of carbonyl (C=O) groups is 1. The monoisotopic (exact) mass is 428 g/mol. The van der Waals surface area contributed by atoms with Gasteiger partial charge in [-0.2, -0.15) is 18.6 Å². The molecule has 1 aromatic carbocycles. The fraction of sp³-hybridized carbons (Fsp3) is 0.526. The van der Waals surface area contributed by atoms with Crippen LogP contribution in [0.2, 0.25) is 5.02 Å². The summed E-state index contributed by atoms with van der Waals surface area (Å²) in [6.45, 7) is 6.22. The van der Waals surface area contributed by atoms with Crippen molar-refractivity contribution in [3.8, 4) is 11.4 Å². The molecule has 7 nitrogen and oxygen atoms in total. The second kappa shape index (κ2) is 7.53. The third-order valence-electron chi connectivity index (χ3n) is 4.45. The maximum atomic E-state index is 13.2. The third kappa shape index (κ3) is 4.35. The lowest BCUT2D eigenvalue weighted by molar-refractivity contribution is -0.0626. The fourth-order valence-corrected chi connectivity index (χ4v) is 3.42. The Balaban J connectivity index is 2.01. The van der Waals surface area contributed by atoms with Gasteiger partial charge in [0.1, 0.15) is 17.7 Å². The fourth-order valence-electron chi connectivity index (χ4n) is 3.21. The molecule has 1 aliphatic rings. The smallest absolute Gasteiger partial charge is 0.413 e. The summed E-state index contributed by atoms with van der Waals surface area (Å²) in [5, 5.41) is 3.80. The third-order valence-corrected chi connectivity index (χ3v) is 4.78. The standard InChI is InChI=1S/C19H23ClF2N4O3/c1-18(2,3)29-17(27)25-14(9-28-19(25,4)5)11-6-7-13(20)12(8-11)15-23-10-24-26(15)16(21)22/h6-8,10,14,16H,9H2,1-5H3/t14-/m1/s1. The maximum Gasteiger partial charge on any atom is 0.413 e. The largest absolute Gasteiger partial charge is 0.444 e. The topological polar surface area (TPSA) is 69.5 Å². The molecule has 2 heterocycles. The number of rotatable bonds is 3. The molecule has 0 radical (unpaired) electrons. The zero-order valence-corrected chi connectivity index (χ0v) is 17.6. The number of hydrogen-bond acceptors (Lipinski definition) is 5. The summed E-state index contributed by atoms with van der Waals surface area (Å²) in [5.74, 6) is -0.0613. The van der Waals surface area contributed by atoms with Crippen molar-refractivity contribution in [3.05, 3.63) is 35.1 Å². The van der Waals surface area contributed by atoms with E-state index in [-0.39, 0.29) is 23.0 Å². The molecule has 10 heteroatoms. The zero-order valence-electron chi connectivity index (χ0n) is 16.8. The van der Waals surface area contributed by atoms with E-state index in [1.54, 1.807) is 52.8 Å². The van der Waals surface area contributed by atoms with Crippen molar-refractivity contribution in [1.29, 1.82) is 0 Å². The highest BCUT2D eigenvalue weighted by atomic mass is 35.5. The normalized spacial score (nSPS) is 19.1. The molecule has 3 rings (SSSR count). The van der Waals surface area contributed by atoms with E-state index in [4.69, 9.17) is 21.1 Å². The van der Waals surface area contributed by atoms with E-state index in [2.05, 4.69) is 10.1 Å². The van der Waals surface area contributed by atoms with E-state index in [0.717, 1.165) is 6.33 Å². The molecular weight excluding hydrogens is 406 g/mol. The van der Waals surface area contributed by atoms with Crippen molar-refractivity contribution in [2.45, 2.75) is 58.5 Å². The molecule has 1 aromatic heterocycles. The van der Waals surface area contributed by atoms with Gasteiger partial charge >= 0.3 is 12.6 Å². The number of benzene rings is 1. The Morgan fingerprint density at radius 3 is 2.69 bits per heavy atom. The number of amides is 1. The highest BCUT2D eigenvalue weighted by molar-refractivity contribution is 6.33. The summed E-state index contributed by atoms with van der Waals surface area (Å²) in [5.41, 5.74) is -0.643. The van der Waals surface area contributed by atoms with Crippen LogP contribution in [-0.2, 0) is 9.47 Å². The van der Waals surface area contributed by atoms with Crippen molar-refractivity contribution in [1.82, 2.24) is 19.7 Å². The van der Waals surface area contributed by atoms with Crippen molar-refractivity contribution < 1.29 is 23.0 Å². The number of alkyl halides is 2. The van der Waals surface area contributed by atoms with E-state index in [1.807, 2.05) is 0 Å². The van der Waals surface area contributed by atoms with E-state index in [1.165, 1.54) is 4.90 Å². The highest BCUT2D eigenvalue weighted by Gasteiger charge is 2.46. The lowest BCUT2D eigenvalue weighted by Gasteiger charge is -2.35. The predicted octanol–water partition coefficient (Wildman–Crippen LogP) is 5.04. The minimum atomic E-state index is -2.86. The first kappa shape index (κ1) is 21.4. The van der Waals surface area contributed by atoms with Gasteiger partial charge in [0.05, 0.1) is 17.7 Å². The van der Waals surface area contributed by atoms with Crippen LogP contribution < -0.4 is 0 Å². The number of nitrogens with zero attached hydrogens (tertiary/aromatic N) is 4. The van der Waals surface area contributed by atoms with Gasteiger partial charge in [-0.05, 0) is 52.3 Å². The number of aromatic nitrogens is 3. The average Bonchev–Trinajstić information content (AvgIpc) is 3.18. The Labute approximate surface area is 172 Å². The Morgan fingerprint density at radius 1 is 1.38 bits per heavy atom. The van der Waals surface area contributed by atoms with Crippen LogP contribution >= 0.6 is 11.6 Å². The first-order valence-corrected chi connectivity index (χ1v) is 9.42. The molecule has 1 fully saturated rings. The van der Waals surface area contributed by atoms with Crippen molar-refractivity contribution in [2.75, 3.05) is 6.61 Å². The first-order valence-electron chi connectivity index (χ1n) is 9.04. The maximum absolute atomic E-state index is 13.2. The van der Waals surface area contributed by atoms with Crippen LogP contribution in [0.1, 0.15) is 52.8 Å². The first-order chi connectivity index (χ1) is 13.4. The molecule has 0 unspecified atom stereocenters. The van der Waals surface area contributed by atoms with Gasteiger partial charge in [0.15, 0.2) is 5.82 Å². The molecule has 158 valence electrons. The van der Waals surface area contributed by atoms with E-state index in [9.17, 15) is 13.6 Å². The molecule has 2 aromatic rings. The number of ether oxygens (including phenoxy) is 2. The predicted molar refractivity (Wildman–Crippen MR) is 103 cm³/mol. The Morgan fingerprint density at radius 2 is 2.07 bits per heavy atom. The Hall–Kier alpha value is -2.26. The molecule has 1 aliphatic heterocycles.